The quantitative estimate of drug-likeness (QED) is 0.216. The molecule has 1 aliphatic heterocycles. The van der Waals surface area contributed by atoms with Crippen LogP contribution in [0.5, 0.6) is 5.75 Å². The summed E-state index contributed by atoms with van der Waals surface area (Å²) in [4.78, 5) is 29.3. The Morgan fingerprint density at radius 1 is 0.975 bits per heavy atom. The average Bonchev–Trinajstić information content (AvgIpc) is 3.38. The number of anilines is 1. The second kappa shape index (κ2) is 11.9. The molecule has 1 fully saturated rings. The van der Waals surface area contributed by atoms with Gasteiger partial charge in [-0.15, -0.1) is 0 Å². The first-order chi connectivity index (χ1) is 19.2. The molecular formula is C32H36N4O3S. The molecular weight excluding hydrogens is 520 g/mol. The lowest BCUT2D eigenvalue weighted by Crippen LogP contribution is -2.35. The maximum Gasteiger partial charge on any atom is 0.297 e. The smallest absolute Gasteiger partial charge is 0.297 e. The summed E-state index contributed by atoms with van der Waals surface area (Å²) in [5.74, 6) is 2.16. The van der Waals surface area contributed by atoms with Crippen molar-refractivity contribution in [1.29, 1.82) is 0 Å². The zero-order valence-electron chi connectivity index (χ0n) is 23.6. The van der Waals surface area contributed by atoms with E-state index in [2.05, 4.69) is 31.0 Å². The van der Waals surface area contributed by atoms with Crippen molar-refractivity contribution in [2.75, 3.05) is 43.1 Å². The van der Waals surface area contributed by atoms with Crippen LogP contribution in [0.25, 0.3) is 16.5 Å². The summed E-state index contributed by atoms with van der Waals surface area (Å²) < 4.78 is 7.83. The molecule has 0 saturated carbocycles. The summed E-state index contributed by atoms with van der Waals surface area (Å²) in [6.07, 6.45) is 0. The number of carbonyl (C=O) groups is 2. The number of nitrogens with one attached hydrogen (secondary N) is 1. The fourth-order valence-corrected chi connectivity index (χ4v) is 5.70. The zero-order valence-corrected chi connectivity index (χ0v) is 24.4. The van der Waals surface area contributed by atoms with Crippen molar-refractivity contribution >= 4 is 40.0 Å². The first-order valence-electron chi connectivity index (χ1n) is 13.7. The Morgan fingerprint density at radius 2 is 1.68 bits per heavy atom. The van der Waals surface area contributed by atoms with Crippen molar-refractivity contribution in [3.63, 3.8) is 0 Å². The Labute approximate surface area is 239 Å². The maximum absolute atomic E-state index is 13.5. The Bertz CT molecular complexity index is 1520. The molecule has 3 aromatic carbocycles. The number of aryl methyl sites for hydroxylation is 1. The first-order valence-corrected chi connectivity index (χ1v) is 14.8. The number of aromatic nitrogens is 2. The number of rotatable bonds is 8. The normalized spacial score (nSPS) is 14.3. The molecule has 208 valence electrons. The fraction of sp³-hybridized carbons (Fsp3) is 0.344. The number of nitrogens with zero attached hydrogens (tertiary/aromatic N) is 3. The number of ketones is 1. The van der Waals surface area contributed by atoms with Gasteiger partial charge in [-0.2, -0.15) is 16.9 Å². The molecule has 0 bridgehead atoms. The molecule has 40 heavy (non-hydrogen) atoms. The summed E-state index contributed by atoms with van der Waals surface area (Å²) in [6, 6.07) is 20.8. The number of hydrogen-bond acceptors (Lipinski definition) is 6. The molecule has 1 aromatic heterocycles. The molecule has 0 atom stereocenters. The lowest BCUT2D eigenvalue weighted by molar-refractivity contribution is -0.112. The number of thioether (sulfide) groups is 1. The Morgan fingerprint density at radius 3 is 2.38 bits per heavy atom. The largest absolute Gasteiger partial charge is 0.492 e. The van der Waals surface area contributed by atoms with E-state index in [4.69, 9.17) is 9.84 Å². The molecule has 0 spiro atoms. The van der Waals surface area contributed by atoms with Crippen LogP contribution in [0.1, 0.15) is 42.4 Å². The van der Waals surface area contributed by atoms with Gasteiger partial charge in [0.05, 0.1) is 11.4 Å². The molecule has 8 heteroatoms. The molecule has 7 nitrogen and oxygen atoms in total. The van der Waals surface area contributed by atoms with E-state index in [1.807, 2.05) is 73.3 Å². The molecule has 1 N–H and O–H groups in total. The van der Waals surface area contributed by atoms with Crippen molar-refractivity contribution < 1.29 is 14.3 Å². The number of hydrogen-bond donors (Lipinski definition) is 1. The molecule has 4 aromatic rings. The van der Waals surface area contributed by atoms with Gasteiger partial charge >= 0.3 is 0 Å². The van der Waals surface area contributed by atoms with Gasteiger partial charge in [0.2, 0.25) is 0 Å². The third-order valence-electron chi connectivity index (χ3n) is 7.10. The van der Waals surface area contributed by atoms with Gasteiger partial charge in [-0.1, -0.05) is 62.7 Å². The van der Waals surface area contributed by atoms with Gasteiger partial charge in [0.15, 0.2) is 0 Å². The van der Waals surface area contributed by atoms with Gasteiger partial charge in [-0.05, 0) is 36.6 Å². The molecule has 0 aliphatic carbocycles. The van der Waals surface area contributed by atoms with E-state index in [-0.39, 0.29) is 5.41 Å². The van der Waals surface area contributed by atoms with Crippen LogP contribution in [0.4, 0.5) is 5.82 Å². The van der Waals surface area contributed by atoms with E-state index >= 15 is 0 Å². The number of carbonyl (C=O) groups excluding carboxylic acids is 2. The van der Waals surface area contributed by atoms with Crippen LogP contribution in [0.15, 0.2) is 66.7 Å². The number of ether oxygens (including phenoxy) is 1. The topological polar surface area (TPSA) is 76.5 Å². The summed E-state index contributed by atoms with van der Waals surface area (Å²) in [7, 11) is 0. The van der Waals surface area contributed by atoms with Crippen LogP contribution in [-0.4, -0.2) is 64.1 Å². The Balaban J connectivity index is 1.38. The van der Waals surface area contributed by atoms with Crippen LogP contribution in [-0.2, 0) is 10.2 Å². The molecule has 1 saturated heterocycles. The highest BCUT2D eigenvalue weighted by Gasteiger charge is 2.25. The third-order valence-corrected chi connectivity index (χ3v) is 8.04. The predicted octanol–water partition coefficient (Wildman–Crippen LogP) is 5.88. The van der Waals surface area contributed by atoms with Gasteiger partial charge in [0.1, 0.15) is 18.2 Å². The standard InChI is InChI=1S/C32H36N4O3S/c1-22-9-11-23(12-10-22)36-29(21-28(34-36)32(2,3)4)33-31(38)30(37)26-13-14-27(25-8-6-5-7-24(25)26)39-18-15-35-16-19-40-20-17-35/h5-14,21H,15-20H2,1-4H3,(H,33,38). The first kappa shape index (κ1) is 27.9. The second-order valence-corrected chi connectivity index (χ2v) is 12.4. The minimum absolute atomic E-state index is 0.238. The Kier molecular flexibility index (Phi) is 8.28. The predicted molar refractivity (Wildman–Crippen MR) is 163 cm³/mol. The van der Waals surface area contributed by atoms with Crippen molar-refractivity contribution in [2.45, 2.75) is 33.1 Å². The minimum Gasteiger partial charge on any atom is -0.492 e. The summed E-state index contributed by atoms with van der Waals surface area (Å²) in [5, 5.41) is 9.10. The van der Waals surface area contributed by atoms with Crippen LogP contribution < -0.4 is 10.1 Å². The van der Waals surface area contributed by atoms with Gasteiger partial charge < -0.3 is 10.1 Å². The van der Waals surface area contributed by atoms with E-state index in [1.54, 1.807) is 16.8 Å². The van der Waals surface area contributed by atoms with E-state index in [9.17, 15) is 9.59 Å². The van der Waals surface area contributed by atoms with E-state index in [1.165, 1.54) is 0 Å². The number of fused-ring (bicyclic) bond motifs is 1. The molecule has 1 amide bonds. The third kappa shape index (κ3) is 6.24. The summed E-state index contributed by atoms with van der Waals surface area (Å²) >= 11 is 1.99. The van der Waals surface area contributed by atoms with E-state index < -0.39 is 11.7 Å². The van der Waals surface area contributed by atoms with Crippen LogP contribution >= 0.6 is 11.8 Å². The lowest BCUT2D eigenvalue weighted by atomic mass is 9.92. The zero-order chi connectivity index (χ0) is 28.3. The maximum atomic E-state index is 13.5. The fourth-order valence-electron chi connectivity index (χ4n) is 4.72. The molecule has 2 heterocycles. The van der Waals surface area contributed by atoms with Crippen molar-refractivity contribution in [3.05, 3.63) is 83.6 Å². The van der Waals surface area contributed by atoms with Gasteiger partial charge in [-0.3, -0.25) is 14.5 Å². The van der Waals surface area contributed by atoms with Crippen molar-refractivity contribution in [3.8, 4) is 11.4 Å². The number of benzene rings is 3. The average molecular weight is 557 g/mol. The van der Waals surface area contributed by atoms with E-state index in [0.29, 0.717) is 29.1 Å². The highest BCUT2D eigenvalue weighted by molar-refractivity contribution is 7.99. The van der Waals surface area contributed by atoms with Gasteiger partial charge in [-0.25, -0.2) is 4.68 Å². The molecule has 1 aliphatic rings. The minimum atomic E-state index is -0.712. The van der Waals surface area contributed by atoms with Crippen molar-refractivity contribution in [1.82, 2.24) is 14.7 Å². The van der Waals surface area contributed by atoms with Crippen molar-refractivity contribution in [2.24, 2.45) is 0 Å². The highest BCUT2D eigenvalue weighted by atomic mass is 32.2. The lowest BCUT2D eigenvalue weighted by Gasteiger charge is -2.26. The van der Waals surface area contributed by atoms with E-state index in [0.717, 1.165) is 53.5 Å². The van der Waals surface area contributed by atoms with Crippen LogP contribution in [0.3, 0.4) is 0 Å². The van der Waals surface area contributed by atoms with Gasteiger partial charge in [0.25, 0.3) is 11.7 Å². The molecule has 0 unspecified atom stereocenters. The number of Topliss-reactive ketones (excluding diaryl/α,β-unsaturated/α-hetero) is 1. The second-order valence-electron chi connectivity index (χ2n) is 11.2. The Hall–Kier alpha value is -3.62. The molecule has 0 radical (unpaired) electrons. The van der Waals surface area contributed by atoms with Gasteiger partial charge in [0, 0.05) is 53.6 Å². The van der Waals surface area contributed by atoms with Crippen LogP contribution in [0.2, 0.25) is 0 Å². The molecule has 5 rings (SSSR count). The monoisotopic (exact) mass is 556 g/mol. The SMILES string of the molecule is Cc1ccc(-n2nc(C(C)(C)C)cc2NC(=O)C(=O)c2ccc(OCCN3CCSCC3)c3ccccc23)cc1. The summed E-state index contributed by atoms with van der Waals surface area (Å²) in [5.41, 5.74) is 2.84. The number of amides is 1. The summed E-state index contributed by atoms with van der Waals surface area (Å²) in [6.45, 7) is 11.8. The van der Waals surface area contributed by atoms with Crippen LogP contribution in [0, 0.1) is 6.92 Å². The highest BCUT2D eigenvalue weighted by Crippen LogP contribution is 2.30.